The van der Waals surface area contributed by atoms with Gasteiger partial charge in [-0.05, 0) is 0 Å². The summed E-state index contributed by atoms with van der Waals surface area (Å²) in [4.78, 5) is 43.1. The Balaban J connectivity index is 3.61. The predicted molar refractivity (Wildman–Crippen MR) is 43.6 cm³/mol. The fourth-order valence-corrected chi connectivity index (χ4v) is 0.708. The van der Waals surface area contributed by atoms with Gasteiger partial charge in [0.1, 0.15) is 0 Å². The summed E-state index contributed by atoms with van der Waals surface area (Å²) < 4.78 is 35.4. The Bertz CT molecular complexity index is 281. The number of carbonyl (C=O) groups is 1. The molecule has 0 rings (SSSR count). The third-order valence-electron chi connectivity index (χ3n) is 0.795. The second-order valence-electron chi connectivity index (χ2n) is 2.01. The van der Waals surface area contributed by atoms with E-state index in [2.05, 4.69) is 18.5 Å². The Labute approximate surface area is 88.4 Å². The van der Waals surface area contributed by atoms with Gasteiger partial charge in [-0.25, -0.2) is 23.0 Å². The van der Waals surface area contributed by atoms with Gasteiger partial charge in [-0.1, -0.05) is 0 Å². The van der Waals surface area contributed by atoms with Crippen LogP contribution in [0.15, 0.2) is 0 Å². The van der Waals surface area contributed by atoms with E-state index in [1.807, 2.05) is 0 Å². The summed E-state index contributed by atoms with van der Waals surface area (Å²) in [6.07, 6.45) is -1.48. The van der Waals surface area contributed by atoms with E-state index >= 15 is 0 Å². The van der Waals surface area contributed by atoms with Crippen molar-refractivity contribution in [2.75, 3.05) is 13.6 Å². The molecular formula is C3H8O11P2. The van der Waals surface area contributed by atoms with Crippen molar-refractivity contribution in [2.45, 2.75) is 0 Å². The molecule has 0 aliphatic carbocycles. The van der Waals surface area contributed by atoms with Crippen LogP contribution in [0.5, 0.6) is 0 Å². The lowest BCUT2D eigenvalue weighted by Gasteiger charge is -2.07. The molecule has 0 radical (unpaired) electrons. The molecule has 0 aromatic rings. The van der Waals surface area contributed by atoms with Gasteiger partial charge in [-0.3, -0.25) is 0 Å². The van der Waals surface area contributed by atoms with Gasteiger partial charge in [-0.15, -0.1) is 0 Å². The molecule has 0 aromatic heterocycles. The summed E-state index contributed by atoms with van der Waals surface area (Å²) in [6, 6.07) is 0. The maximum Gasteiger partial charge on any atom is 0.512 e. The van der Waals surface area contributed by atoms with Crippen molar-refractivity contribution in [1.82, 2.24) is 0 Å². The third-order valence-corrected chi connectivity index (χ3v) is 1.68. The highest BCUT2D eigenvalue weighted by molar-refractivity contribution is 7.46. The minimum Gasteiger partial charge on any atom is -0.406 e. The predicted octanol–water partition coefficient (Wildman–Crippen LogP) is -0.727. The number of hydrogen-bond donors (Lipinski definition) is 4. The fourth-order valence-electron chi connectivity index (χ4n) is 0.328. The van der Waals surface area contributed by atoms with E-state index in [1.165, 1.54) is 0 Å². The van der Waals surface area contributed by atoms with E-state index in [1.54, 1.807) is 0 Å². The van der Waals surface area contributed by atoms with Crippen LogP contribution >= 0.6 is 15.6 Å². The van der Waals surface area contributed by atoms with Crippen molar-refractivity contribution >= 4 is 21.8 Å². The van der Waals surface area contributed by atoms with Crippen LogP contribution < -0.4 is 0 Å². The van der Waals surface area contributed by atoms with Gasteiger partial charge in [0.2, 0.25) is 13.6 Å². The van der Waals surface area contributed by atoms with Gasteiger partial charge in [-0.2, -0.15) is 0 Å². The van der Waals surface area contributed by atoms with Crippen LogP contribution in [0.1, 0.15) is 0 Å². The SMILES string of the molecule is O=C(OCOP(=O)(O)O)OCOP(=O)(O)O. The largest absolute Gasteiger partial charge is 0.512 e. The highest BCUT2D eigenvalue weighted by atomic mass is 31.2. The molecule has 4 N–H and O–H groups in total. The Hall–Kier alpha value is -0.510. The first-order valence-corrected chi connectivity index (χ1v) is 6.36. The average molecular weight is 282 g/mol. The van der Waals surface area contributed by atoms with E-state index < -0.39 is 35.4 Å². The van der Waals surface area contributed by atoms with Crippen LogP contribution in [0.4, 0.5) is 4.79 Å². The lowest BCUT2D eigenvalue weighted by molar-refractivity contribution is -0.0362. The Morgan fingerprint density at radius 2 is 1.19 bits per heavy atom. The van der Waals surface area contributed by atoms with Crippen molar-refractivity contribution in [2.24, 2.45) is 0 Å². The first-order valence-electron chi connectivity index (χ1n) is 3.30. The van der Waals surface area contributed by atoms with Crippen LogP contribution in [0.25, 0.3) is 0 Å². The van der Waals surface area contributed by atoms with Crippen LogP contribution in [0.2, 0.25) is 0 Å². The van der Waals surface area contributed by atoms with Crippen LogP contribution in [-0.4, -0.2) is 39.3 Å². The molecule has 0 unspecified atom stereocenters. The molecule has 0 aromatic carbocycles. The minimum absolute atomic E-state index is 1.08. The van der Waals surface area contributed by atoms with E-state index in [9.17, 15) is 13.9 Å². The number of rotatable bonds is 6. The van der Waals surface area contributed by atoms with Gasteiger partial charge < -0.3 is 29.0 Å². The molecule has 0 aliphatic rings. The molecule has 13 heteroatoms. The highest BCUT2D eigenvalue weighted by Crippen LogP contribution is 2.36. The Kier molecular flexibility index (Phi) is 6.08. The van der Waals surface area contributed by atoms with Gasteiger partial charge in [0.15, 0.2) is 0 Å². The number of phosphoric acid groups is 2. The topological polar surface area (TPSA) is 169 Å². The second kappa shape index (κ2) is 6.28. The fraction of sp³-hybridized carbons (Fsp3) is 0.667. The quantitative estimate of drug-likeness (QED) is 0.275. The first kappa shape index (κ1) is 15.5. The Morgan fingerprint density at radius 1 is 0.875 bits per heavy atom. The molecule has 11 nitrogen and oxygen atoms in total. The second-order valence-corrected chi connectivity index (χ2v) is 4.49. The zero-order valence-corrected chi connectivity index (χ0v) is 9.24. The van der Waals surface area contributed by atoms with E-state index in [4.69, 9.17) is 19.6 Å². The molecule has 96 valence electrons. The molecule has 0 atom stereocenters. The van der Waals surface area contributed by atoms with E-state index in [0.29, 0.717) is 0 Å². The van der Waals surface area contributed by atoms with Crippen molar-refractivity contribution in [3.63, 3.8) is 0 Å². The van der Waals surface area contributed by atoms with Crippen molar-refractivity contribution in [3.05, 3.63) is 0 Å². The van der Waals surface area contributed by atoms with Crippen LogP contribution in [0, 0.1) is 0 Å². The molecule has 0 bridgehead atoms. The zero-order valence-electron chi connectivity index (χ0n) is 7.46. The van der Waals surface area contributed by atoms with Gasteiger partial charge in [0, 0.05) is 0 Å². The molecule has 0 aliphatic heterocycles. The molecule has 0 saturated heterocycles. The summed E-state index contributed by atoms with van der Waals surface area (Å²) in [5, 5.41) is 0. The normalized spacial score (nSPS) is 12.2. The Morgan fingerprint density at radius 3 is 1.44 bits per heavy atom. The highest BCUT2D eigenvalue weighted by Gasteiger charge is 2.17. The van der Waals surface area contributed by atoms with E-state index in [0.717, 1.165) is 0 Å². The van der Waals surface area contributed by atoms with Crippen LogP contribution in [-0.2, 0) is 27.7 Å². The molecule has 0 spiro atoms. The number of ether oxygens (including phenoxy) is 2. The maximum atomic E-state index is 10.5. The number of carbonyl (C=O) groups excluding carboxylic acids is 1. The van der Waals surface area contributed by atoms with Crippen molar-refractivity contribution < 1.29 is 52.0 Å². The first-order chi connectivity index (χ1) is 7.10. The lowest BCUT2D eigenvalue weighted by Crippen LogP contribution is -2.11. The molecule has 0 fully saturated rings. The summed E-state index contributed by atoms with van der Waals surface area (Å²) in [6.45, 7) is -2.17. The minimum atomic E-state index is -4.76. The monoisotopic (exact) mass is 282 g/mol. The average Bonchev–Trinajstić information content (AvgIpc) is 1.98. The standard InChI is InChI=1S/C3H8O11P2/c4-3(11-1-13-15(5,6)7)12-2-14-16(8,9)10/h1-2H2,(H2,5,6,7)(H2,8,9,10). The maximum absolute atomic E-state index is 10.5. The number of phosphoric ester groups is 2. The van der Waals surface area contributed by atoms with Gasteiger partial charge in [0.05, 0.1) is 0 Å². The molecule has 0 amide bonds. The van der Waals surface area contributed by atoms with Crippen LogP contribution in [0.3, 0.4) is 0 Å². The molecule has 16 heavy (non-hydrogen) atoms. The van der Waals surface area contributed by atoms with Crippen molar-refractivity contribution in [1.29, 1.82) is 0 Å². The molecule has 0 saturated carbocycles. The van der Waals surface area contributed by atoms with E-state index in [-0.39, 0.29) is 0 Å². The van der Waals surface area contributed by atoms with Gasteiger partial charge >= 0.3 is 21.8 Å². The molecule has 0 heterocycles. The number of hydrogen-bond acceptors (Lipinski definition) is 7. The van der Waals surface area contributed by atoms with Crippen molar-refractivity contribution in [3.8, 4) is 0 Å². The third kappa shape index (κ3) is 11.6. The summed E-state index contributed by atoms with van der Waals surface area (Å²) >= 11 is 0. The smallest absolute Gasteiger partial charge is 0.406 e. The summed E-state index contributed by atoms with van der Waals surface area (Å²) in [7, 11) is -9.53. The molecular weight excluding hydrogens is 274 g/mol. The van der Waals surface area contributed by atoms with Gasteiger partial charge in [0.25, 0.3) is 0 Å². The lowest BCUT2D eigenvalue weighted by atomic mass is 11.2. The summed E-state index contributed by atoms with van der Waals surface area (Å²) in [5.41, 5.74) is 0. The summed E-state index contributed by atoms with van der Waals surface area (Å²) in [5.74, 6) is 0. The zero-order chi connectivity index (χ0) is 12.8.